The van der Waals surface area contributed by atoms with Crippen molar-refractivity contribution < 1.29 is 23.8 Å². The first kappa shape index (κ1) is 37.1. The number of halogens is 2. The van der Waals surface area contributed by atoms with Crippen molar-refractivity contribution in [3.05, 3.63) is 86.9 Å². The summed E-state index contributed by atoms with van der Waals surface area (Å²) < 4.78 is 17.9. The molecule has 1 unspecified atom stereocenters. The summed E-state index contributed by atoms with van der Waals surface area (Å²) in [6.07, 6.45) is 4.51. The van der Waals surface area contributed by atoms with Crippen LogP contribution in [0.2, 0.25) is 10.0 Å². The lowest BCUT2D eigenvalue weighted by molar-refractivity contribution is -0.119. The standard InChI is InChI=1S/C41H45Cl2N5O5/c1-24(49)45-28-16-17-48(23-28)22-27-19-35(42)41(47-40(27)52-3)53-37-15-13-31-30(6-4-7-32(31)37)33-8-5-9-34(38(33)43)36-14-11-26(39(46-36)51-2)21-44-20-25-10-12-29(50)18-25/h4-9,11,14,19,25,28,37,44H,10,12-13,15-18,20-23H2,1-3H3,(H,45,49)/t25-,28?,37+/m1/s1. The summed E-state index contributed by atoms with van der Waals surface area (Å²) in [6.45, 7) is 5.17. The fraction of sp³-hybridized carbons (Fsp3) is 0.415. The lowest BCUT2D eigenvalue weighted by Gasteiger charge is -2.20. The third kappa shape index (κ3) is 8.31. The second-order valence-electron chi connectivity index (χ2n) is 14.2. The second kappa shape index (κ2) is 16.4. The Bertz CT molecular complexity index is 2010. The fourth-order valence-electron chi connectivity index (χ4n) is 7.96. The molecule has 278 valence electrons. The number of pyridine rings is 2. The minimum Gasteiger partial charge on any atom is -0.481 e. The highest BCUT2D eigenvalue weighted by atomic mass is 35.5. The third-order valence-electron chi connectivity index (χ3n) is 10.5. The maximum Gasteiger partial charge on any atom is 0.236 e. The summed E-state index contributed by atoms with van der Waals surface area (Å²) in [5.74, 6) is 2.08. The van der Waals surface area contributed by atoms with Gasteiger partial charge < -0.3 is 24.8 Å². The lowest BCUT2D eigenvalue weighted by Crippen LogP contribution is -2.35. The van der Waals surface area contributed by atoms with Gasteiger partial charge in [-0.3, -0.25) is 14.5 Å². The van der Waals surface area contributed by atoms with E-state index in [1.54, 1.807) is 21.1 Å². The number of nitrogens with one attached hydrogen (secondary N) is 2. The van der Waals surface area contributed by atoms with Crippen LogP contribution in [0.15, 0.2) is 54.6 Å². The first-order chi connectivity index (χ1) is 25.7. The van der Waals surface area contributed by atoms with E-state index in [1.165, 1.54) is 5.56 Å². The monoisotopic (exact) mass is 757 g/mol. The highest BCUT2D eigenvalue weighted by Gasteiger charge is 2.30. The van der Waals surface area contributed by atoms with Crippen molar-refractivity contribution in [1.29, 1.82) is 0 Å². The van der Waals surface area contributed by atoms with Gasteiger partial charge >= 0.3 is 0 Å². The van der Waals surface area contributed by atoms with Gasteiger partial charge in [0.2, 0.25) is 23.5 Å². The summed E-state index contributed by atoms with van der Waals surface area (Å²) in [7, 11) is 3.23. The molecule has 0 radical (unpaired) electrons. The van der Waals surface area contributed by atoms with E-state index in [0.717, 1.165) is 84.4 Å². The van der Waals surface area contributed by atoms with Crippen molar-refractivity contribution in [3.8, 4) is 40.0 Å². The first-order valence-corrected chi connectivity index (χ1v) is 19.0. The number of benzene rings is 2. The Morgan fingerprint density at radius 2 is 1.68 bits per heavy atom. The van der Waals surface area contributed by atoms with Gasteiger partial charge in [0, 0.05) is 74.2 Å². The van der Waals surface area contributed by atoms with Crippen molar-refractivity contribution in [2.45, 2.75) is 70.7 Å². The van der Waals surface area contributed by atoms with E-state index in [2.05, 4.69) is 27.7 Å². The predicted octanol–water partition coefficient (Wildman–Crippen LogP) is 7.37. The summed E-state index contributed by atoms with van der Waals surface area (Å²) in [5.41, 5.74) is 7.58. The molecule has 7 rings (SSSR count). The topological polar surface area (TPSA) is 115 Å². The minimum absolute atomic E-state index is 0.0161. The Labute approximate surface area is 320 Å². The molecule has 2 aromatic heterocycles. The van der Waals surface area contributed by atoms with Gasteiger partial charge in [-0.25, -0.2) is 4.98 Å². The number of hydrogen-bond donors (Lipinski definition) is 2. The molecule has 3 aliphatic rings. The molecule has 1 aliphatic heterocycles. The molecule has 2 N–H and O–H groups in total. The zero-order valence-corrected chi connectivity index (χ0v) is 31.9. The molecule has 0 spiro atoms. The first-order valence-electron chi connectivity index (χ1n) is 18.3. The number of hydrogen-bond acceptors (Lipinski definition) is 9. The van der Waals surface area contributed by atoms with Crippen LogP contribution in [-0.2, 0) is 29.1 Å². The molecule has 3 atom stereocenters. The van der Waals surface area contributed by atoms with Crippen LogP contribution in [0.25, 0.3) is 22.4 Å². The van der Waals surface area contributed by atoms with Crippen molar-refractivity contribution in [1.82, 2.24) is 25.5 Å². The van der Waals surface area contributed by atoms with Crippen molar-refractivity contribution in [3.63, 3.8) is 0 Å². The smallest absolute Gasteiger partial charge is 0.236 e. The Morgan fingerprint density at radius 1 is 0.906 bits per heavy atom. The molecule has 4 aromatic rings. The number of carbonyl (C=O) groups excluding carboxylic acids is 2. The number of ketones is 1. The molecule has 2 aromatic carbocycles. The minimum atomic E-state index is -0.245. The van der Waals surface area contributed by atoms with Gasteiger partial charge in [-0.15, -0.1) is 0 Å². The number of amides is 1. The average Bonchev–Trinajstić information content (AvgIpc) is 3.89. The number of aromatic nitrogens is 2. The summed E-state index contributed by atoms with van der Waals surface area (Å²) in [5, 5.41) is 7.52. The average molecular weight is 759 g/mol. The quantitative estimate of drug-likeness (QED) is 0.144. The van der Waals surface area contributed by atoms with Gasteiger partial charge in [-0.05, 0) is 67.0 Å². The molecular weight excluding hydrogens is 713 g/mol. The molecule has 0 bridgehead atoms. The Morgan fingerprint density at radius 3 is 2.45 bits per heavy atom. The number of methoxy groups -OCH3 is 2. The van der Waals surface area contributed by atoms with Gasteiger partial charge in [-0.2, -0.15) is 4.98 Å². The highest BCUT2D eigenvalue weighted by Crippen LogP contribution is 2.45. The Hall–Kier alpha value is -4.22. The van der Waals surface area contributed by atoms with Crippen molar-refractivity contribution in [2.75, 3.05) is 33.9 Å². The van der Waals surface area contributed by atoms with Crippen molar-refractivity contribution >= 4 is 34.9 Å². The van der Waals surface area contributed by atoms with Crippen LogP contribution < -0.4 is 24.8 Å². The molecule has 2 aliphatic carbocycles. The number of nitrogens with zero attached hydrogens (tertiary/aromatic N) is 3. The molecule has 1 amide bonds. The Balaban J connectivity index is 1.07. The third-order valence-corrected chi connectivity index (χ3v) is 11.2. The zero-order valence-electron chi connectivity index (χ0n) is 30.3. The van der Waals surface area contributed by atoms with Crippen molar-refractivity contribution in [2.24, 2.45) is 5.92 Å². The van der Waals surface area contributed by atoms with Gasteiger partial charge in [0.1, 0.15) is 16.9 Å². The van der Waals surface area contributed by atoms with Gasteiger partial charge in [0.05, 0.1) is 24.9 Å². The summed E-state index contributed by atoms with van der Waals surface area (Å²) >= 11 is 14.0. The number of Topliss-reactive ketones (excluding diaryl/α,β-unsaturated/α-hetero) is 1. The summed E-state index contributed by atoms with van der Waals surface area (Å²) in [6, 6.07) is 18.3. The van der Waals surface area contributed by atoms with E-state index in [0.29, 0.717) is 65.3 Å². The van der Waals surface area contributed by atoms with Crippen LogP contribution in [0.4, 0.5) is 0 Å². The van der Waals surface area contributed by atoms with Crippen LogP contribution in [0, 0.1) is 5.92 Å². The summed E-state index contributed by atoms with van der Waals surface area (Å²) in [4.78, 5) is 35.0. The van der Waals surface area contributed by atoms with Crippen LogP contribution in [0.1, 0.15) is 67.4 Å². The highest BCUT2D eigenvalue weighted by molar-refractivity contribution is 6.36. The predicted molar refractivity (Wildman–Crippen MR) is 206 cm³/mol. The zero-order chi connectivity index (χ0) is 37.1. The van der Waals surface area contributed by atoms with Crippen LogP contribution in [0.5, 0.6) is 17.6 Å². The van der Waals surface area contributed by atoms with Gasteiger partial charge in [0.15, 0.2) is 0 Å². The molecule has 1 saturated carbocycles. The number of rotatable bonds is 13. The van der Waals surface area contributed by atoms with Crippen LogP contribution >= 0.6 is 23.2 Å². The van der Waals surface area contributed by atoms with E-state index in [4.69, 9.17) is 47.4 Å². The van der Waals surface area contributed by atoms with Crippen LogP contribution in [0.3, 0.4) is 0 Å². The number of fused-ring (bicyclic) bond motifs is 1. The Kier molecular flexibility index (Phi) is 11.5. The number of carbonyl (C=O) groups is 2. The largest absolute Gasteiger partial charge is 0.481 e. The maximum absolute atomic E-state index is 11.7. The maximum atomic E-state index is 11.7. The molecule has 12 heteroatoms. The molecule has 3 heterocycles. The number of ether oxygens (including phenoxy) is 3. The molecule has 2 fully saturated rings. The fourth-order valence-corrected chi connectivity index (χ4v) is 8.50. The van der Waals surface area contributed by atoms with E-state index in [-0.39, 0.29) is 18.1 Å². The van der Waals surface area contributed by atoms with E-state index in [1.807, 2.05) is 42.5 Å². The van der Waals surface area contributed by atoms with E-state index < -0.39 is 0 Å². The molecule has 53 heavy (non-hydrogen) atoms. The SMILES string of the molecule is COc1nc(-c2cccc(-c3cccc4c3CC[C@@H]4Oc3nc(OC)c(CN4CCC(NC(C)=O)C4)cc3Cl)c2Cl)ccc1CNC[C@@H]1CCC(=O)C1. The second-order valence-corrected chi connectivity index (χ2v) is 15.0. The molecule has 1 saturated heterocycles. The van der Waals surface area contributed by atoms with E-state index >= 15 is 0 Å². The normalized spacial score (nSPS) is 19.7. The van der Waals surface area contributed by atoms with E-state index in [9.17, 15) is 9.59 Å². The molecule has 10 nitrogen and oxygen atoms in total. The lowest BCUT2D eigenvalue weighted by atomic mass is 9.94. The van der Waals surface area contributed by atoms with Gasteiger partial charge in [0.25, 0.3) is 0 Å². The van der Waals surface area contributed by atoms with Gasteiger partial charge in [-0.1, -0.05) is 65.7 Å². The van der Waals surface area contributed by atoms with Crippen LogP contribution in [-0.4, -0.2) is 66.5 Å². The number of likely N-dealkylation sites (tertiary alicyclic amines) is 1. The molecular formula is C41H45Cl2N5O5.